The van der Waals surface area contributed by atoms with Crippen LogP contribution in [0.3, 0.4) is 0 Å². The lowest BCUT2D eigenvalue weighted by atomic mass is 9.63. The van der Waals surface area contributed by atoms with Crippen molar-refractivity contribution in [3.63, 3.8) is 0 Å². The van der Waals surface area contributed by atoms with E-state index < -0.39 is 5.92 Å². The molecule has 0 heterocycles. The van der Waals surface area contributed by atoms with Crippen molar-refractivity contribution in [2.75, 3.05) is 0 Å². The van der Waals surface area contributed by atoms with Crippen LogP contribution in [0, 0.1) is 11.3 Å². The van der Waals surface area contributed by atoms with Crippen molar-refractivity contribution in [1.82, 2.24) is 0 Å². The molecular formula is C14H25F2N. The zero-order valence-corrected chi connectivity index (χ0v) is 11.1. The Balaban J connectivity index is 1.94. The molecule has 2 fully saturated rings. The third kappa shape index (κ3) is 2.98. The molecule has 0 spiro atoms. The minimum absolute atomic E-state index is 0.0105. The monoisotopic (exact) mass is 245 g/mol. The second-order valence-electron chi connectivity index (χ2n) is 7.03. The van der Waals surface area contributed by atoms with E-state index in [2.05, 4.69) is 13.8 Å². The van der Waals surface area contributed by atoms with Crippen molar-refractivity contribution in [3.05, 3.63) is 0 Å². The Labute approximate surface area is 103 Å². The van der Waals surface area contributed by atoms with Gasteiger partial charge in [-0.3, -0.25) is 0 Å². The Kier molecular flexibility index (Phi) is 3.26. The fraction of sp³-hybridized carbons (Fsp3) is 1.00. The molecule has 17 heavy (non-hydrogen) atoms. The van der Waals surface area contributed by atoms with E-state index in [1.807, 2.05) is 0 Å². The van der Waals surface area contributed by atoms with Crippen molar-refractivity contribution in [2.45, 2.75) is 76.7 Å². The summed E-state index contributed by atoms with van der Waals surface area (Å²) < 4.78 is 26.4. The van der Waals surface area contributed by atoms with Gasteiger partial charge in [0, 0.05) is 18.4 Å². The van der Waals surface area contributed by atoms with Gasteiger partial charge in [-0.25, -0.2) is 8.78 Å². The summed E-state index contributed by atoms with van der Waals surface area (Å²) in [4.78, 5) is 0. The predicted octanol–water partition coefficient (Wildman–Crippen LogP) is 4.11. The molecule has 0 aromatic heterocycles. The zero-order chi connectivity index (χ0) is 12.7. The van der Waals surface area contributed by atoms with Gasteiger partial charge in [0.2, 0.25) is 5.92 Å². The number of hydrogen-bond acceptors (Lipinski definition) is 1. The van der Waals surface area contributed by atoms with Crippen LogP contribution in [0.4, 0.5) is 8.78 Å². The lowest BCUT2D eigenvalue weighted by Gasteiger charge is -2.47. The Morgan fingerprint density at radius 2 is 1.35 bits per heavy atom. The third-order valence-electron chi connectivity index (χ3n) is 5.06. The molecule has 2 rings (SSSR count). The SMILES string of the molecule is CC1(C)CCC(C2(N)CCC(F)(F)CC2)CC1. The number of rotatable bonds is 1. The molecule has 0 amide bonds. The smallest absolute Gasteiger partial charge is 0.248 e. The van der Waals surface area contributed by atoms with Gasteiger partial charge in [-0.2, -0.15) is 0 Å². The molecule has 0 atom stereocenters. The highest BCUT2D eigenvalue weighted by Gasteiger charge is 2.46. The van der Waals surface area contributed by atoms with Gasteiger partial charge >= 0.3 is 0 Å². The maximum absolute atomic E-state index is 13.2. The highest BCUT2D eigenvalue weighted by molar-refractivity contribution is 4.99. The van der Waals surface area contributed by atoms with E-state index in [0.29, 0.717) is 24.2 Å². The lowest BCUT2D eigenvalue weighted by Crippen LogP contribution is -2.53. The summed E-state index contributed by atoms with van der Waals surface area (Å²) in [5, 5.41) is 0. The molecule has 2 saturated carbocycles. The second-order valence-corrected chi connectivity index (χ2v) is 7.03. The lowest BCUT2D eigenvalue weighted by molar-refractivity contribution is -0.0633. The Morgan fingerprint density at radius 3 is 1.82 bits per heavy atom. The van der Waals surface area contributed by atoms with Crippen molar-refractivity contribution in [2.24, 2.45) is 17.1 Å². The first-order chi connectivity index (χ1) is 7.73. The van der Waals surface area contributed by atoms with Gasteiger partial charge in [-0.05, 0) is 49.9 Å². The maximum atomic E-state index is 13.2. The average Bonchev–Trinajstić information content (AvgIpc) is 2.23. The Hall–Kier alpha value is -0.180. The molecule has 2 N–H and O–H groups in total. The molecule has 0 saturated heterocycles. The quantitative estimate of drug-likeness (QED) is 0.739. The van der Waals surface area contributed by atoms with E-state index in [1.165, 1.54) is 12.8 Å². The summed E-state index contributed by atoms with van der Waals surface area (Å²) in [6.45, 7) is 4.59. The van der Waals surface area contributed by atoms with Gasteiger partial charge in [0.05, 0.1) is 0 Å². The van der Waals surface area contributed by atoms with Crippen LogP contribution in [0.5, 0.6) is 0 Å². The first-order valence-corrected chi connectivity index (χ1v) is 6.89. The van der Waals surface area contributed by atoms with E-state index in [-0.39, 0.29) is 18.4 Å². The molecule has 0 aliphatic heterocycles. The molecule has 0 aromatic rings. The number of halogens is 2. The highest BCUT2D eigenvalue weighted by Crippen LogP contribution is 2.47. The molecule has 0 radical (unpaired) electrons. The number of hydrogen-bond donors (Lipinski definition) is 1. The van der Waals surface area contributed by atoms with Gasteiger partial charge in [0.15, 0.2) is 0 Å². The van der Waals surface area contributed by atoms with Crippen molar-refractivity contribution < 1.29 is 8.78 Å². The van der Waals surface area contributed by atoms with Gasteiger partial charge in [-0.15, -0.1) is 0 Å². The van der Waals surface area contributed by atoms with E-state index in [1.54, 1.807) is 0 Å². The van der Waals surface area contributed by atoms with Crippen LogP contribution in [0.2, 0.25) is 0 Å². The normalized spacial score (nSPS) is 32.3. The van der Waals surface area contributed by atoms with Crippen LogP contribution in [0.15, 0.2) is 0 Å². The molecule has 3 heteroatoms. The van der Waals surface area contributed by atoms with Gasteiger partial charge < -0.3 is 5.73 Å². The van der Waals surface area contributed by atoms with Crippen LogP contribution in [0.1, 0.15) is 65.2 Å². The minimum atomic E-state index is -2.46. The summed E-state index contributed by atoms with van der Waals surface area (Å²) in [6, 6.07) is 0. The Morgan fingerprint density at radius 1 is 0.882 bits per heavy atom. The first kappa shape index (κ1) is 13.3. The van der Waals surface area contributed by atoms with Crippen molar-refractivity contribution in [1.29, 1.82) is 0 Å². The maximum Gasteiger partial charge on any atom is 0.248 e. The summed E-state index contributed by atoms with van der Waals surface area (Å²) in [5.74, 6) is -2.00. The molecule has 0 aromatic carbocycles. The van der Waals surface area contributed by atoms with Crippen LogP contribution in [-0.4, -0.2) is 11.5 Å². The second kappa shape index (κ2) is 4.18. The standard InChI is InChI=1S/C14H25F2N/c1-12(2)5-3-11(4-6-12)13(17)7-9-14(15,16)10-8-13/h11H,3-10,17H2,1-2H3. The van der Waals surface area contributed by atoms with Crippen molar-refractivity contribution >= 4 is 0 Å². The van der Waals surface area contributed by atoms with E-state index in [0.717, 1.165) is 12.8 Å². The van der Waals surface area contributed by atoms with Crippen LogP contribution in [0.25, 0.3) is 0 Å². The summed E-state index contributed by atoms with van der Waals surface area (Å²) in [6.07, 6.45) is 5.60. The molecule has 0 unspecified atom stereocenters. The van der Waals surface area contributed by atoms with Gasteiger partial charge in [0.25, 0.3) is 0 Å². The van der Waals surface area contributed by atoms with Gasteiger partial charge in [-0.1, -0.05) is 13.8 Å². The van der Waals surface area contributed by atoms with E-state index in [9.17, 15) is 8.78 Å². The fourth-order valence-electron chi connectivity index (χ4n) is 3.46. The van der Waals surface area contributed by atoms with Gasteiger partial charge in [0.1, 0.15) is 0 Å². The van der Waals surface area contributed by atoms with Crippen LogP contribution >= 0.6 is 0 Å². The molecule has 2 aliphatic rings. The summed E-state index contributed by atoms with van der Waals surface area (Å²) >= 11 is 0. The van der Waals surface area contributed by atoms with E-state index in [4.69, 9.17) is 5.73 Å². The third-order valence-corrected chi connectivity index (χ3v) is 5.06. The molecule has 100 valence electrons. The zero-order valence-electron chi connectivity index (χ0n) is 11.1. The first-order valence-electron chi connectivity index (χ1n) is 6.89. The summed E-state index contributed by atoms with van der Waals surface area (Å²) in [7, 11) is 0. The number of nitrogens with two attached hydrogens (primary N) is 1. The average molecular weight is 245 g/mol. The van der Waals surface area contributed by atoms with E-state index >= 15 is 0 Å². The minimum Gasteiger partial charge on any atom is -0.325 e. The Bertz CT molecular complexity index is 266. The largest absolute Gasteiger partial charge is 0.325 e. The molecule has 2 aliphatic carbocycles. The van der Waals surface area contributed by atoms with Crippen LogP contribution < -0.4 is 5.73 Å². The fourth-order valence-corrected chi connectivity index (χ4v) is 3.46. The van der Waals surface area contributed by atoms with Crippen molar-refractivity contribution in [3.8, 4) is 0 Å². The molecular weight excluding hydrogens is 220 g/mol. The topological polar surface area (TPSA) is 26.0 Å². The number of alkyl halides is 2. The molecule has 0 bridgehead atoms. The molecule has 1 nitrogen and oxygen atoms in total. The summed E-state index contributed by atoms with van der Waals surface area (Å²) in [5.41, 5.74) is 6.52. The van der Waals surface area contributed by atoms with Crippen LogP contribution in [-0.2, 0) is 0 Å². The predicted molar refractivity (Wildman–Crippen MR) is 66.1 cm³/mol. The highest BCUT2D eigenvalue weighted by atomic mass is 19.3.